The average Bonchev–Trinajstić information content (AvgIpc) is 0.747. The van der Waals surface area contributed by atoms with Gasteiger partial charge < -0.3 is 9.47 Å². The highest BCUT2D eigenvalue weighted by atomic mass is 16.5. The van der Waals surface area contributed by atoms with Crippen molar-refractivity contribution in [1.82, 2.24) is 9.97 Å². The summed E-state index contributed by atoms with van der Waals surface area (Å²) in [5, 5.41) is 0. The van der Waals surface area contributed by atoms with Crippen LogP contribution in [0.3, 0.4) is 0 Å². The quantitative estimate of drug-likeness (QED) is 0.0960. The number of nitrogens with zero attached hydrogens (tertiary/aromatic N) is 2. The normalized spacial score (nSPS) is 12.9. The van der Waals surface area contributed by atoms with E-state index < -0.39 is 10.8 Å². The molecule has 2 heterocycles. The van der Waals surface area contributed by atoms with Gasteiger partial charge in [0.25, 0.3) is 0 Å². The summed E-state index contributed by atoms with van der Waals surface area (Å²) in [5.74, 6) is 1.58. The molecule has 10 aromatic rings. The van der Waals surface area contributed by atoms with Gasteiger partial charge >= 0.3 is 0 Å². The van der Waals surface area contributed by atoms with Crippen LogP contribution in [0.2, 0.25) is 0 Å². The van der Waals surface area contributed by atoms with E-state index in [9.17, 15) is 0 Å². The predicted molar refractivity (Wildman–Crippen MR) is 378 cm³/mol. The molecule has 2 aromatic heterocycles. The molecule has 0 radical (unpaired) electrons. The van der Waals surface area contributed by atoms with Gasteiger partial charge in [-0.2, -0.15) is 0 Å². The SMILES string of the molecule is CC(C)(C)c1ccc(C(c2ccc(OCc3ccc(-c4ccc(COc5ccc(C(c6ccc(C(C)(C)C)cc6)(c6ccc(C(C)(C)C)cc6)c6ccc(C(C)(C)C)cc6)cc5)cn4)nc3)cc2)(c2ccc(C(C)(C)C)cc2)c2ccc(C(C)(C)C)cc2)cc1. The summed E-state index contributed by atoms with van der Waals surface area (Å²) in [6, 6.07) is 81.5. The van der Waals surface area contributed by atoms with Gasteiger partial charge in [0.15, 0.2) is 0 Å². The topological polar surface area (TPSA) is 44.2 Å². The lowest BCUT2D eigenvalue weighted by Gasteiger charge is -2.38. The molecule has 4 heteroatoms. The van der Waals surface area contributed by atoms with Crippen LogP contribution in [0.4, 0.5) is 0 Å². The molecule has 0 saturated heterocycles. The van der Waals surface area contributed by atoms with E-state index in [-0.39, 0.29) is 32.5 Å². The number of hydrogen-bond acceptors (Lipinski definition) is 4. The molecule has 462 valence electrons. The fourth-order valence-electron chi connectivity index (χ4n) is 12.6. The molecular formula is C86H96N2O2. The lowest BCUT2D eigenvalue weighted by atomic mass is 9.64. The van der Waals surface area contributed by atoms with Gasteiger partial charge in [0.2, 0.25) is 0 Å². The minimum absolute atomic E-state index is 0.0225. The Kier molecular flexibility index (Phi) is 17.8. The molecule has 0 N–H and O–H groups in total. The predicted octanol–water partition coefficient (Wildman–Crippen LogP) is 21.9. The third kappa shape index (κ3) is 13.7. The van der Waals surface area contributed by atoms with Crippen molar-refractivity contribution in [3.63, 3.8) is 0 Å². The number of rotatable bonds is 15. The Hall–Kier alpha value is -8.34. The lowest BCUT2D eigenvalue weighted by molar-refractivity contribution is 0.305. The van der Waals surface area contributed by atoms with E-state index >= 15 is 0 Å². The van der Waals surface area contributed by atoms with E-state index in [4.69, 9.17) is 19.4 Å². The molecule has 8 aromatic carbocycles. The Bertz CT molecular complexity index is 3440. The Balaban J connectivity index is 0.863. The number of ether oxygens (including phenoxy) is 2. The monoisotopic (exact) mass is 1190 g/mol. The second-order valence-corrected chi connectivity index (χ2v) is 31.2. The number of hydrogen-bond donors (Lipinski definition) is 0. The first-order valence-corrected chi connectivity index (χ1v) is 32.4. The van der Waals surface area contributed by atoms with Gasteiger partial charge in [-0.25, -0.2) is 0 Å². The van der Waals surface area contributed by atoms with Crippen molar-refractivity contribution in [3.05, 3.63) is 320 Å². The molecular weight excluding hydrogens is 1090 g/mol. The molecule has 0 fully saturated rings. The Morgan fingerprint density at radius 3 is 0.533 bits per heavy atom. The molecule has 0 amide bonds. The minimum atomic E-state index is -0.608. The summed E-state index contributed by atoms with van der Waals surface area (Å²) in [6.07, 6.45) is 3.77. The van der Waals surface area contributed by atoms with Crippen molar-refractivity contribution < 1.29 is 9.47 Å². The van der Waals surface area contributed by atoms with Gasteiger partial charge in [-0.1, -0.05) is 307 Å². The summed E-state index contributed by atoms with van der Waals surface area (Å²) < 4.78 is 13.0. The molecule has 4 nitrogen and oxygen atoms in total. The molecule has 0 aliphatic rings. The zero-order valence-corrected chi connectivity index (χ0v) is 57.1. The van der Waals surface area contributed by atoms with Gasteiger partial charge in [0.05, 0.1) is 22.2 Å². The van der Waals surface area contributed by atoms with E-state index in [1.165, 1.54) is 77.9 Å². The minimum Gasteiger partial charge on any atom is -0.489 e. The highest BCUT2D eigenvalue weighted by Crippen LogP contribution is 2.49. The molecule has 90 heavy (non-hydrogen) atoms. The van der Waals surface area contributed by atoms with Crippen molar-refractivity contribution in [1.29, 1.82) is 0 Å². The van der Waals surface area contributed by atoms with Gasteiger partial charge in [0.1, 0.15) is 24.7 Å². The summed E-state index contributed by atoms with van der Waals surface area (Å²) >= 11 is 0. The van der Waals surface area contributed by atoms with Gasteiger partial charge in [0, 0.05) is 23.5 Å². The van der Waals surface area contributed by atoms with Crippen LogP contribution in [0.25, 0.3) is 11.4 Å². The number of aromatic nitrogens is 2. The lowest BCUT2D eigenvalue weighted by Crippen LogP contribution is -2.31. The van der Waals surface area contributed by atoms with E-state index in [0.29, 0.717) is 13.2 Å². The van der Waals surface area contributed by atoms with E-state index in [1.54, 1.807) is 0 Å². The van der Waals surface area contributed by atoms with Crippen LogP contribution < -0.4 is 9.47 Å². The maximum Gasteiger partial charge on any atom is 0.119 e. The fraction of sp³-hybridized carbons (Fsp3) is 0.326. The van der Waals surface area contributed by atoms with Crippen LogP contribution in [0, 0.1) is 0 Å². The van der Waals surface area contributed by atoms with Crippen LogP contribution in [-0.2, 0) is 56.5 Å². The first-order valence-electron chi connectivity index (χ1n) is 32.4. The van der Waals surface area contributed by atoms with Crippen molar-refractivity contribution >= 4 is 0 Å². The van der Waals surface area contributed by atoms with Crippen LogP contribution in [0.1, 0.15) is 214 Å². The third-order valence-electron chi connectivity index (χ3n) is 18.4. The molecule has 0 atom stereocenters. The van der Waals surface area contributed by atoms with E-state index in [2.05, 4.69) is 331 Å². The molecule has 0 unspecified atom stereocenters. The number of benzene rings is 8. The third-order valence-corrected chi connectivity index (χ3v) is 18.4. The maximum atomic E-state index is 6.52. The largest absolute Gasteiger partial charge is 0.489 e. The van der Waals surface area contributed by atoms with E-state index in [0.717, 1.165) is 34.0 Å². The molecule has 0 bridgehead atoms. The Morgan fingerprint density at radius 2 is 0.378 bits per heavy atom. The van der Waals surface area contributed by atoms with Crippen LogP contribution >= 0.6 is 0 Å². The average molecular weight is 1190 g/mol. The summed E-state index contributed by atoms with van der Waals surface area (Å²) in [5.41, 5.74) is 19.9. The smallest absolute Gasteiger partial charge is 0.119 e. The molecule has 0 spiro atoms. The van der Waals surface area contributed by atoms with Crippen LogP contribution in [0.5, 0.6) is 11.5 Å². The molecule has 0 aliphatic heterocycles. The summed E-state index contributed by atoms with van der Waals surface area (Å²) in [6.45, 7) is 41.8. The van der Waals surface area contributed by atoms with Crippen molar-refractivity contribution in [3.8, 4) is 22.9 Å². The second-order valence-electron chi connectivity index (χ2n) is 31.2. The standard InChI is InChI=1S/C86H96N2O2/c1-79(2,3)61-21-33-67(34-22-61)85(68-35-23-62(24-36-68)80(4,5)6,69-37-25-63(26-38-69)81(7,8)9)73-45-49-75(50-46-73)89-57-59-19-53-77(87-55-59)78-54-20-60(56-88-78)58-90-76-51-47-74(48-52-76)86(70-39-27-64(28-40-70)82(10,11)12,71-41-29-65(30-42-71)83(13,14)15)72-43-31-66(32-44-72)84(16,17)18/h19-56H,57-58H2,1-18H3. The molecule has 10 rings (SSSR count). The first-order chi connectivity index (χ1) is 42.3. The summed E-state index contributed by atoms with van der Waals surface area (Å²) in [7, 11) is 0. The maximum absolute atomic E-state index is 6.52. The highest BCUT2D eigenvalue weighted by Gasteiger charge is 2.41. The first kappa shape index (κ1) is 64.6. The molecule has 0 saturated carbocycles. The van der Waals surface area contributed by atoms with Crippen LogP contribution in [-0.4, -0.2) is 9.97 Å². The summed E-state index contributed by atoms with van der Waals surface area (Å²) in [4.78, 5) is 9.72. The van der Waals surface area contributed by atoms with E-state index in [1.807, 2.05) is 24.5 Å². The van der Waals surface area contributed by atoms with Gasteiger partial charge in [-0.3, -0.25) is 9.97 Å². The van der Waals surface area contributed by atoms with Gasteiger partial charge in [-0.15, -0.1) is 0 Å². The Morgan fingerprint density at radius 1 is 0.211 bits per heavy atom. The Labute approximate surface area is 540 Å². The van der Waals surface area contributed by atoms with Crippen LogP contribution in [0.15, 0.2) is 231 Å². The second kappa shape index (κ2) is 24.8. The van der Waals surface area contributed by atoms with Crippen molar-refractivity contribution in [2.45, 2.75) is 181 Å². The molecule has 0 aliphatic carbocycles. The van der Waals surface area contributed by atoms with Crippen molar-refractivity contribution in [2.75, 3.05) is 0 Å². The zero-order valence-electron chi connectivity index (χ0n) is 57.1. The van der Waals surface area contributed by atoms with Crippen molar-refractivity contribution in [2.24, 2.45) is 0 Å². The number of pyridine rings is 2. The fourth-order valence-corrected chi connectivity index (χ4v) is 12.6. The zero-order chi connectivity index (χ0) is 64.7. The van der Waals surface area contributed by atoms with Gasteiger partial charge in [-0.05, 0) is 147 Å². The highest BCUT2D eigenvalue weighted by molar-refractivity contribution is 5.64.